The first kappa shape index (κ1) is 17.4. The third-order valence-corrected chi connectivity index (χ3v) is 4.47. The van der Waals surface area contributed by atoms with E-state index in [2.05, 4.69) is 4.98 Å². The SMILES string of the molecule is CC[C@H](OC)C(=O)[C@H](C#N)c1nc2cc(C(F)(F)F)ccc2s1. The lowest BCUT2D eigenvalue weighted by atomic mass is 10.0. The number of alkyl halides is 3. The standard InChI is InChI=1S/C15H13F3N2O2S/c1-3-11(22-2)13(21)9(7-19)14-20-10-6-8(15(16,17)18)4-5-12(10)23-14/h4-6,9,11H,3H2,1-2H3/t9-,11-/m0/s1. The van der Waals surface area contributed by atoms with Gasteiger partial charge in [-0.25, -0.2) is 4.98 Å². The van der Waals surface area contributed by atoms with Crippen LogP contribution in [0.4, 0.5) is 13.2 Å². The molecule has 0 aliphatic rings. The van der Waals surface area contributed by atoms with Crippen LogP contribution in [0.3, 0.4) is 0 Å². The van der Waals surface area contributed by atoms with E-state index >= 15 is 0 Å². The van der Waals surface area contributed by atoms with Crippen LogP contribution < -0.4 is 0 Å². The fraction of sp³-hybridized carbons (Fsp3) is 0.400. The van der Waals surface area contributed by atoms with Crippen LogP contribution in [0.15, 0.2) is 18.2 Å². The second kappa shape index (κ2) is 6.64. The molecule has 1 aromatic heterocycles. The van der Waals surface area contributed by atoms with Gasteiger partial charge in [-0.1, -0.05) is 6.92 Å². The maximum atomic E-state index is 12.7. The van der Waals surface area contributed by atoms with Gasteiger partial charge in [0.25, 0.3) is 0 Å². The van der Waals surface area contributed by atoms with Crippen LogP contribution in [0, 0.1) is 11.3 Å². The van der Waals surface area contributed by atoms with Crippen molar-refractivity contribution in [2.24, 2.45) is 0 Å². The van der Waals surface area contributed by atoms with E-state index in [1.165, 1.54) is 13.2 Å². The van der Waals surface area contributed by atoms with Crippen molar-refractivity contribution in [3.8, 4) is 6.07 Å². The van der Waals surface area contributed by atoms with Gasteiger partial charge in [0.2, 0.25) is 0 Å². The highest BCUT2D eigenvalue weighted by molar-refractivity contribution is 7.18. The van der Waals surface area contributed by atoms with Crippen LogP contribution in [0.2, 0.25) is 0 Å². The first-order valence-electron chi connectivity index (χ1n) is 6.75. The highest BCUT2D eigenvalue weighted by Crippen LogP contribution is 2.34. The molecule has 0 saturated heterocycles. The van der Waals surface area contributed by atoms with Crippen molar-refractivity contribution in [2.75, 3.05) is 7.11 Å². The Morgan fingerprint density at radius 2 is 2.17 bits per heavy atom. The van der Waals surface area contributed by atoms with Gasteiger partial charge in [-0.2, -0.15) is 18.4 Å². The Bertz CT molecular complexity index is 760. The first-order valence-corrected chi connectivity index (χ1v) is 7.57. The Balaban J connectivity index is 2.43. The van der Waals surface area contributed by atoms with Crippen LogP contribution in [0.25, 0.3) is 10.2 Å². The van der Waals surface area contributed by atoms with Crippen LogP contribution in [0.1, 0.15) is 29.8 Å². The Hall–Kier alpha value is -1.98. The summed E-state index contributed by atoms with van der Waals surface area (Å²) < 4.78 is 43.7. The molecule has 0 spiro atoms. The number of thiazole rings is 1. The second-order valence-corrected chi connectivity index (χ2v) is 5.89. The van der Waals surface area contributed by atoms with Crippen molar-refractivity contribution in [1.29, 1.82) is 5.26 Å². The van der Waals surface area contributed by atoms with E-state index in [1.807, 2.05) is 6.07 Å². The molecule has 0 bridgehead atoms. The lowest BCUT2D eigenvalue weighted by Crippen LogP contribution is -2.27. The summed E-state index contributed by atoms with van der Waals surface area (Å²) in [6.07, 6.45) is -4.81. The number of carbonyl (C=O) groups excluding carboxylic acids is 1. The molecule has 1 aromatic carbocycles. The summed E-state index contributed by atoms with van der Waals surface area (Å²) in [6.45, 7) is 1.74. The Morgan fingerprint density at radius 1 is 1.48 bits per heavy atom. The number of halogens is 3. The Morgan fingerprint density at radius 3 is 2.70 bits per heavy atom. The van der Waals surface area contributed by atoms with Crippen molar-refractivity contribution < 1.29 is 22.7 Å². The number of carbonyl (C=O) groups is 1. The molecule has 122 valence electrons. The summed E-state index contributed by atoms with van der Waals surface area (Å²) in [7, 11) is 1.37. The van der Waals surface area contributed by atoms with Crippen LogP contribution in [-0.2, 0) is 15.7 Å². The van der Waals surface area contributed by atoms with E-state index in [0.29, 0.717) is 11.1 Å². The fourth-order valence-electron chi connectivity index (χ4n) is 2.16. The monoisotopic (exact) mass is 342 g/mol. The molecule has 0 aliphatic heterocycles. The van der Waals surface area contributed by atoms with E-state index in [9.17, 15) is 23.2 Å². The summed E-state index contributed by atoms with van der Waals surface area (Å²) in [5, 5.41) is 9.44. The molecule has 0 radical (unpaired) electrons. The van der Waals surface area contributed by atoms with Crippen molar-refractivity contribution in [3.63, 3.8) is 0 Å². The number of fused-ring (bicyclic) bond motifs is 1. The smallest absolute Gasteiger partial charge is 0.374 e. The van der Waals surface area contributed by atoms with Gasteiger partial charge in [-0.15, -0.1) is 11.3 Å². The van der Waals surface area contributed by atoms with Crippen molar-refractivity contribution in [1.82, 2.24) is 4.98 Å². The third kappa shape index (κ3) is 3.51. The lowest BCUT2D eigenvalue weighted by molar-refractivity contribution is -0.137. The normalized spacial score (nSPS) is 14.4. The van der Waals surface area contributed by atoms with Gasteiger partial charge in [0.1, 0.15) is 11.1 Å². The van der Waals surface area contributed by atoms with E-state index < -0.39 is 29.5 Å². The molecule has 0 saturated carbocycles. The molecule has 8 heteroatoms. The Kier molecular flexibility index (Phi) is 5.02. The summed E-state index contributed by atoms with van der Waals surface area (Å²) in [4.78, 5) is 16.3. The van der Waals surface area contributed by atoms with Crippen LogP contribution in [-0.4, -0.2) is 24.0 Å². The number of methoxy groups -OCH3 is 1. The third-order valence-electron chi connectivity index (χ3n) is 3.36. The number of benzene rings is 1. The van der Waals surface area contributed by atoms with Crippen LogP contribution >= 0.6 is 11.3 Å². The highest BCUT2D eigenvalue weighted by atomic mass is 32.1. The predicted molar refractivity (Wildman–Crippen MR) is 79.1 cm³/mol. The first-order chi connectivity index (χ1) is 10.8. The zero-order chi connectivity index (χ0) is 17.2. The molecule has 2 aromatic rings. The number of Topliss-reactive ketones (excluding diaryl/α,β-unsaturated/α-hetero) is 1. The van der Waals surface area contributed by atoms with E-state index in [1.54, 1.807) is 6.92 Å². The van der Waals surface area contributed by atoms with Crippen LogP contribution in [0.5, 0.6) is 0 Å². The number of rotatable bonds is 5. The summed E-state index contributed by atoms with van der Waals surface area (Å²) in [6, 6.07) is 5.04. The number of hydrogen-bond acceptors (Lipinski definition) is 5. The molecular weight excluding hydrogens is 329 g/mol. The quantitative estimate of drug-likeness (QED) is 0.826. The maximum Gasteiger partial charge on any atom is 0.416 e. The second-order valence-electron chi connectivity index (χ2n) is 4.83. The molecule has 4 nitrogen and oxygen atoms in total. The predicted octanol–water partition coefficient (Wildman–Crippen LogP) is 3.92. The molecule has 1 heterocycles. The fourth-order valence-corrected chi connectivity index (χ4v) is 3.16. The van der Waals surface area contributed by atoms with E-state index in [0.717, 1.165) is 23.5 Å². The molecule has 2 atom stereocenters. The summed E-state index contributed by atoms with van der Waals surface area (Å²) in [5.41, 5.74) is -0.691. The van der Waals surface area contributed by atoms with Gasteiger partial charge >= 0.3 is 6.18 Å². The summed E-state index contributed by atoms with van der Waals surface area (Å²) >= 11 is 1.04. The average molecular weight is 342 g/mol. The molecule has 0 fully saturated rings. The van der Waals surface area contributed by atoms with E-state index in [-0.39, 0.29) is 10.5 Å². The van der Waals surface area contributed by atoms with E-state index in [4.69, 9.17) is 4.74 Å². The van der Waals surface area contributed by atoms with Gasteiger partial charge in [0.15, 0.2) is 11.7 Å². The molecular formula is C15H13F3N2O2S. The minimum Gasteiger partial charge on any atom is -0.374 e. The number of nitriles is 1. The molecule has 0 N–H and O–H groups in total. The van der Waals surface area contributed by atoms with Crippen molar-refractivity contribution >= 4 is 27.3 Å². The van der Waals surface area contributed by atoms with Gasteiger partial charge in [0, 0.05) is 7.11 Å². The summed E-state index contributed by atoms with van der Waals surface area (Å²) in [5.74, 6) is -1.58. The minimum atomic E-state index is -4.47. The molecule has 23 heavy (non-hydrogen) atoms. The van der Waals surface area contributed by atoms with Gasteiger partial charge in [-0.05, 0) is 24.6 Å². The topological polar surface area (TPSA) is 63.0 Å². The maximum absolute atomic E-state index is 12.7. The van der Waals surface area contributed by atoms with Gasteiger partial charge < -0.3 is 4.74 Å². The minimum absolute atomic E-state index is 0.123. The van der Waals surface area contributed by atoms with Gasteiger partial charge in [0.05, 0.1) is 21.8 Å². The number of ketones is 1. The lowest BCUT2D eigenvalue weighted by Gasteiger charge is -2.13. The number of hydrogen-bond donors (Lipinski definition) is 0. The zero-order valence-electron chi connectivity index (χ0n) is 12.3. The number of nitrogens with zero attached hydrogens (tertiary/aromatic N) is 2. The number of ether oxygens (including phenoxy) is 1. The Labute approximate surface area is 134 Å². The molecule has 0 amide bonds. The van der Waals surface area contributed by atoms with Gasteiger partial charge in [-0.3, -0.25) is 4.79 Å². The zero-order valence-corrected chi connectivity index (χ0v) is 13.2. The molecule has 2 rings (SSSR count). The molecule has 0 aliphatic carbocycles. The highest BCUT2D eigenvalue weighted by Gasteiger charge is 2.32. The largest absolute Gasteiger partial charge is 0.416 e. The van der Waals surface area contributed by atoms with Crippen molar-refractivity contribution in [3.05, 3.63) is 28.8 Å². The molecule has 0 unspecified atom stereocenters. The van der Waals surface area contributed by atoms with Crippen molar-refractivity contribution in [2.45, 2.75) is 31.5 Å². The average Bonchev–Trinajstić information content (AvgIpc) is 2.90. The number of aromatic nitrogens is 1.